The Labute approximate surface area is 268 Å². The van der Waals surface area contributed by atoms with Crippen molar-refractivity contribution in [2.24, 2.45) is 0 Å². The van der Waals surface area contributed by atoms with Gasteiger partial charge in [-0.25, -0.2) is 9.97 Å². The van der Waals surface area contributed by atoms with Gasteiger partial charge in [0.15, 0.2) is 0 Å². The summed E-state index contributed by atoms with van der Waals surface area (Å²) in [4.78, 5) is 9.90. The fourth-order valence-corrected chi connectivity index (χ4v) is 8.19. The predicted octanol–water partition coefficient (Wildman–Crippen LogP) is 12.1. The summed E-state index contributed by atoms with van der Waals surface area (Å²) < 4.78 is 8.90. The van der Waals surface area contributed by atoms with E-state index >= 15 is 0 Å². The van der Waals surface area contributed by atoms with Crippen molar-refractivity contribution in [3.63, 3.8) is 0 Å². The highest BCUT2D eigenvalue weighted by molar-refractivity contribution is 7.26. The molecule has 10 aromatic rings. The molecule has 46 heavy (non-hydrogen) atoms. The number of hydrogen-bond donors (Lipinski definition) is 0. The zero-order chi connectivity index (χ0) is 30.2. The van der Waals surface area contributed by atoms with E-state index in [2.05, 4.69) is 133 Å². The van der Waals surface area contributed by atoms with Crippen LogP contribution in [0, 0.1) is 0 Å². The molecular formula is C42H24N2OS. The minimum absolute atomic E-state index is 0.546. The lowest BCUT2D eigenvalue weighted by atomic mass is 9.93. The van der Waals surface area contributed by atoms with E-state index < -0.39 is 0 Å². The van der Waals surface area contributed by atoms with Gasteiger partial charge in [-0.2, -0.15) is 0 Å². The maximum absolute atomic E-state index is 6.30. The van der Waals surface area contributed by atoms with E-state index in [1.165, 1.54) is 52.8 Å². The Morgan fingerprint density at radius 2 is 1.24 bits per heavy atom. The highest BCUT2D eigenvalue weighted by Crippen LogP contribution is 2.41. The Kier molecular flexibility index (Phi) is 5.45. The molecule has 7 aromatic carbocycles. The standard InChI is InChI=1S/C42H24N2OS/c1-2-12-29-26(9-1)22-35(32-14-4-3-13-31(29)32)27-19-20-38-36(23-27)40-42(45-38)44-37(24-43-40)28-11-7-10-25(21-28)30-16-8-17-34-33-15-5-6-18-39(33)46-41(30)34/h1-24H. The van der Waals surface area contributed by atoms with Crippen LogP contribution in [-0.4, -0.2) is 9.97 Å². The number of aromatic nitrogens is 2. The summed E-state index contributed by atoms with van der Waals surface area (Å²) in [5.41, 5.74) is 8.62. The second-order valence-corrected chi connectivity index (χ2v) is 12.8. The van der Waals surface area contributed by atoms with Gasteiger partial charge in [0, 0.05) is 31.1 Å². The monoisotopic (exact) mass is 604 g/mol. The lowest BCUT2D eigenvalue weighted by Gasteiger charge is -2.11. The number of hydrogen-bond acceptors (Lipinski definition) is 4. The molecule has 4 heteroatoms. The third-order valence-corrected chi connectivity index (χ3v) is 10.4. The van der Waals surface area contributed by atoms with Crippen LogP contribution in [0.1, 0.15) is 0 Å². The molecule has 0 amide bonds. The van der Waals surface area contributed by atoms with E-state index in [9.17, 15) is 0 Å². The Morgan fingerprint density at radius 3 is 2.17 bits per heavy atom. The van der Waals surface area contributed by atoms with Crippen molar-refractivity contribution in [1.82, 2.24) is 9.97 Å². The molecule has 0 unspecified atom stereocenters. The van der Waals surface area contributed by atoms with E-state index in [0.717, 1.165) is 38.9 Å². The van der Waals surface area contributed by atoms with Gasteiger partial charge in [0.25, 0.3) is 0 Å². The van der Waals surface area contributed by atoms with Crippen LogP contribution in [-0.2, 0) is 0 Å². The van der Waals surface area contributed by atoms with Crippen LogP contribution in [0.5, 0.6) is 0 Å². The minimum Gasteiger partial charge on any atom is -0.436 e. The summed E-state index contributed by atoms with van der Waals surface area (Å²) in [6.07, 6.45) is 1.87. The summed E-state index contributed by atoms with van der Waals surface area (Å²) >= 11 is 1.85. The fourth-order valence-electron chi connectivity index (χ4n) is 6.96. The molecule has 0 saturated carbocycles. The van der Waals surface area contributed by atoms with Gasteiger partial charge in [-0.1, -0.05) is 109 Å². The molecule has 0 fully saturated rings. The average Bonchev–Trinajstić information content (AvgIpc) is 3.69. The number of fused-ring (bicyclic) bond motifs is 9. The van der Waals surface area contributed by atoms with Gasteiger partial charge in [-0.05, 0) is 74.1 Å². The predicted molar refractivity (Wildman–Crippen MR) is 194 cm³/mol. The highest BCUT2D eigenvalue weighted by atomic mass is 32.1. The normalized spacial score (nSPS) is 11.9. The maximum atomic E-state index is 6.30. The second-order valence-electron chi connectivity index (χ2n) is 11.8. The first-order chi connectivity index (χ1) is 22.8. The summed E-state index contributed by atoms with van der Waals surface area (Å²) in [5, 5.41) is 8.54. The Hall–Kier alpha value is -5.84. The number of nitrogens with zero attached hydrogens (tertiary/aromatic N) is 2. The SMILES string of the molecule is c1cc(-c2cnc3c(n2)oc2ccc(-c4cc5ccccc5c5ccccc45)cc23)cc(-c2cccc3c2sc2ccccc23)c1. The van der Waals surface area contributed by atoms with E-state index in [1.54, 1.807) is 0 Å². The molecule has 0 aliphatic carbocycles. The molecule has 0 aliphatic heterocycles. The number of benzene rings is 7. The molecule has 3 aromatic heterocycles. The summed E-state index contributed by atoms with van der Waals surface area (Å²) in [5.74, 6) is 0. The first-order valence-electron chi connectivity index (χ1n) is 15.4. The lowest BCUT2D eigenvalue weighted by molar-refractivity contribution is 0.653. The van der Waals surface area contributed by atoms with Crippen molar-refractivity contribution < 1.29 is 4.42 Å². The zero-order valence-corrected chi connectivity index (χ0v) is 25.4. The second kappa shape index (κ2) is 9.83. The molecule has 3 nitrogen and oxygen atoms in total. The largest absolute Gasteiger partial charge is 0.436 e. The van der Waals surface area contributed by atoms with E-state index in [1.807, 2.05) is 23.6 Å². The zero-order valence-electron chi connectivity index (χ0n) is 24.6. The average molecular weight is 605 g/mol. The van der Waals surface area contributed by atoms with Gasteiger partial charge < -0.3 is 4.42 Å². The van der Waals surface area contributed by atoms with Crippen molar-refractivity contribution in [3.8, 4) is 33.5 Å². The van der Waals surface area contributed by atoms with Gasteiger partial charge in [0.1, 0.15) is 11.1 Å². The third-order valence-electron chi connectivity index (χ3n) is 9.13. The molecule has 10 rings (SSSR count). The molecule has 0 saturated heterocycles. The van der Waals surface area contributed by atoms with Crippen molar-refractivity contribution >= 4 is 75.3 Å². The van der Waals surface area contributed by atoms with Crippen LogP contribution >= 0.6 is 11.3 Å². The van der Waals surface area contributed by atoms with Gasteiger partial charge >= 0.3 is 0 Å². The molecule has 0 radical (unpaired) electrons. The minimum atomic E-state index is 0.546. The molecule has 3 heterocycles. The summed E-state index contributed by atoms with van der Waals surface area (Å²) in [6, 6.07) is 49.7. The Morgan fingerprint density at radius 1 is 0.500 bits per heavy atom. The molecular weight excluding hydrogens is 581 g/mol. The molecule has 0 N–H and O–H groups in total. The quantitative estimate of drug-likeness (QED) is 0.188. The van der Waals surface area contributed by atoms with Crippen LogP contribution in [0.4, 0.5) is 0 Å². The van der Waals surface area contributed by atoms with Crippen molar-refractivity contribution in [1.29, 1.82) is 0 Å². The first kappa shape index (κ1) is 25.5. The van der Waals surface area contributed by atoms with Crippen LogP contribution in [0.3, 0.4) is 0 Å². The highest BCUT2D eigenvalue weighted by Gasteiger charge is 2.16. The Balaban J connectivity index is 1.08. The van der Waals surface area contributed by atoms with E-state index in [-0.39, 0.29) is 0 Å². The Bertz CT molecular complexity index is 2830. The topological polar surface area (TPSA) is 38.9 Å². The van der Waals surface area contributed by atoms with E-state index in [4.69, 9.17) is 14.4 Å². The summed E-state index contributed by atoms with van der Waals surface area (Å²) in [7, 11) is 0. The first-order valence-corrected chi connectivity index (χ1v) is 16.2. The third kappa shape index (κ3) is 3.84. The van der Waals surface area contributed by atoms with Crippen molar-refractivity contribution in [2.45, 2.75) is 0 Å². The fraction of sp³-hybridized carbons (Fsp3) is 0. The van der Waals surface area contributed by atoms with Crippen LogP contribution in [0.25, 0.3) is 97.4 Å². The van der Waals surface area contributed by atoms with Crippen LogP contribution < -0.4 is 0 Å². The maximum Gasteiger partial charge on any atom is 0.246 e. The van der Waals surface area contributed by atoms with Crippen LogP contribution in [0.15, 0.2) is 150 Å². The summed E-state index contributed by atoms with van der Waals surface area (Å²) in [6.45, 7) is 0. The molecule has 0 spiro atoms. The smallest absolute Gasteiger partial charge is 0.246 e. The van der Waals surface area contributed by atoms with Crippen molar-refractivity contribution in [2.75, 3.05) is 0 Å². The number of rotatable bonds is 3. The van der Waals surface area contributed by atoms with Gasteiger partial charge in [0.2, 0.25) is 5.71 Å². The van der Waals surface area contributed by atoms with Gasteiger partial charge in [0.05, 0.1) is 11.9 Å². The van der Waals surface area contributed by atoms with E-state index in [0.29, 0.717) is 5.71 Å². The molecule has 214 valence electrons. The number of furan rings is 1. The van der Waals surface area contributed by atoms with Gasteiger partial charge in [-0.15, -0.1) is 11.3 Å². The van der Waals surface area contributed by atoms with Crippen molar-refractivity contribution in [3.05, 3.63) is 146 Å². The number of thiophene rings is 1. The van der Waals surface area contributed by atoms with Crippen LogP contribution in [0.2, 0.25) is 0 Å². The van der Waals surface area contributed by atoms with Gasteiger partial charge in [-0.3, -0.25) is 0 Å². The molecule has 0 aliphatic rings. The lowest BCUT2D eigenvalue weighted by Crippen LogP contribution is -1.88. The molecule has 0 bridgehead atoms. The molecule has 0 atom stereocenters.